The van der Waals surface area contributed by atoms with Crippen LogP contribution in [0.25, 0.3) is 24.3 Å². The average Bonchev–Trinajstić information content (AvgIpc) is 2.81. The molecule has 0 aliphatic heterocycles. The molecule has 4 nitrogen and oxygen atoms in total. The zero-order chi connectivity index (χ0) is 21.3. The van der Waals surface area contributed by atoms with Crippen molar-refractivity contribution in [1.29, 1.82) is 0 Å². The van der Waals surface area contributed by atoms with Crippen LogP contribution in [0.1, 0.15) is 22.3 Å². The van der Waals surface area contributed by atoms with Crippen molar-refractivity contribution in [3.63, 3.8) is 0 Å². The van der Waals surface area contributed by atoms with Crippen LogP contribution in [0.4, 0.5) is 0 Å². The first kappa shape index (κ1) is 21.1. The molecule has 0 aliphatic carbocycles. The molecule has 3 aromatic rings. The number of methoxy groups -OCH3 is 4. The Morgan fingerprint density at radius 1 is 0.467 bits per heavy atom. The molecule has 0 spiro atoms. The Morgan fingerprint density at radius 3 is 1.23 bits per heavy atom. The summed E-state index contributed by atoms with van der Waals surface area (Å²) in [6, 6.07) is 19.8. The van der Waals surface area contributed by atoms with Gasteiger partial charge in [0.25, 0.3) is 0 Å². The molecule has 154 valence electrons. The highest BCUT2D eigenvalue weighted by atomic mass is 16.5. The molecule has 0 saturated carbocycles. The van der Waals surface area contributed by atoms with Crippen molar-refractivity contribution in [2.75, 3.05) is 28.4 Å². The van der Waals surface area contributed by atoms with Gasteiger partial charge in [0, 0.05) is 23.3 Å². The summed E-state index contributed by atoms with van der Waals surface area (Å²) in [5.41, 5.74) is 4.15. The molecule has 0 unspecified atom stereocenters. The van der Waals surface area contributed by atoms with Crippen LogP contribution < -0.4 is 18.9 Å². The number of hydrogen-bond acceptors (Lipinski definition) is 4. The Hall–Kier alpha value is -3.66. The molecular weight excluding hydrogens is 376 g/mol. The van der Waals surface area contributed by atoms with E-state index < -0.39 is 0 Å². The van der Waals surface area contributed by atoms with E-state index in [0.29, 0.717) is 0 Å². The average molecular weight is 402 g/mol. The van der Waals surface area contributed by atoms with Gasteiger partial charge in [-0.3, -0.25) is 0 Å². The third-order valence-corrected chi connectivity index (χ3v) is 4.76. The standard InChI is InChI=1S/C26H26O4/c1-27-23-15-13-21(25(17-23)29-3)11-9-19-7-5-6-8-20(19)10-12-22-14-16-24(28-2)18-26(22)30-4/h5-18H,1-4H3/b11-9-,12-10+. The van der Waals surface area contributed by atoms with E-state index >= 15 is 0 Å². The fraction of sp³-hybridized carbons (Fsp3) is 0.154. The van der Waals surface area contributed by atoms with Gasteiger partial charge in [0.05, 0.1) is 28.4 Å². The summed E-state index contributed by atoms with van der Waals surface area (Å²) in [7, 11) is 6.60. The lowest BCUT2D eigenvalue weighted by molar-refractivity contribution is 0.393. The monoisotopic (exact) mass is 402 g/mol. The minimum Gasteiger partial charge on any atom is -0.497 e. The lowest BCUT2D eigenvalue weighted by Crippen LogP contribution is -1.90. The molecular formula is C26H26O4. The molecule has 0 aliphatic rings. The van der Waals surface area contributed by atoms with Gasteiger partial charge in [0.1, 0.15) is 23.0 Å². The minimum atomic E-state index is 0.765. The Labute approximate surface area is 178 Å². The molecule has 0 fully saturated rings. The van der Waals surface area contributed by atoms with Gasteiger partial charge in [0.15, 0.2) is 0 Å². The highest BCUT2D eigenvalue weighted by Gasteiger charge is 2.04. The first-order valence-electron chi connectivity index (χ1n) is 9.57. The van der Waals surface area contributed by atoms with Crippen LogP contribution in [-0.4, -0.2) is 28.4 Å². The van der Waals surface area contributed by atoms with E-state index in [-0.39, 0.29) is 0 Å². The van der Waals surface area contributed by atoms with Gasteiger partial charge in [-0.1, -0.05) is 48.6 Å². The number of benzene rings is 3. The van der Waals surface area contributed by atoms with Crippen molar-refractivity contribution in [3.05, 3.63) is 82.9 Å². The Morgan fingerprint density at radius 2 is 0.867 bits per heavy atom. The molecule has 3 rings (SSSR count). The maximum atomic E-state index is 5.49. The smallest absolute Gasteiger partial charge is 0.129 e. The van der Waals surface area contributed by atoms with Crippen molar-refractivity contribution < 1.29 is 18.9 Å². The molecule has 0 amide bonds. The van der Waals surface area contributed by atoms with Crippen LogP contribution in [0.15, 0.2) is 60.7 Å². The van der Waals surface area contributed by atoms with Crippen molar-refractivity contribution >= 4 is 24.3 Å². The van der Waals surface area contributed by atoms with E-state index in [2.05, 4.69) is 24.3 Å². The molecule has 4 heteroatoms. The van der Waals surface area contributed by atoms with E-state index in [9.17, 15) is 0 Å². The summed E-state index contributed by atoms with van der Waals surface area (Å²) >= 11 is 0. The summed E-state index contributed by atoms with van der Waals surface area (Å²) in [4.78, 5) is 0. The van der Waals surface area contributed by atoms with Crippen molar-refractivity contribution in [1.82, 2.24) is 0 Å². The van der Waals surface area contributed by atoms with E-state index in [4.69, 9.17) is 18.9 Å². The Kier molecular flexibility index (Phi) is 7.17. The van der Waals surface area contributed by atoms with Gasteiger partial charge in [-0.15, -0.1) is 0 Å². The van der Waals surface area contributed by atoms with E-state index in [1.807, 2.05) is 60.7 Å². The van der Waals surface area contributed by atoms with Crippen LogP contribution in [0.3, 0.4) is 0 Å². The molecule has 0 N–H and O–H groups in total. The van der Waals surface area contributed by atoms with Crippen LogP contribution in [0, 0.1) is 0 Å². The third kappa shape index (κ3) is 5.03. The molecule has 0 aromatic heterocycles. The first-order valence-corrected chi connectivity index (χ1v) is 9.57. The van der Waals surface area contributed by atoms with Crippen LogP contribution in [-0.2, 0) is 0 Å². The Balaban J connectivity index is 1.89. The molecule has 0 heterocycles. The third-order valence-electron chi connectivity index (χ3n) is 4.76. The Bertz CT molecular complexity index is 966. The molecule has 0 atom stereocenters. The second kappa shape index (κ2) is 10.2. The van der Waals surface area contributed by atoms with Crippen LogP contribution in [0.2, 0.25) is 0 Å². The van der Waals surface area contributed by atoms with Gasteiger partial charge in [-0.05, 0) is 35.4 Å². The highest BCUT2D eigenvalue weighted by Crippen LogP contribution is 2.28. The molecule has 0 bridgehead atoms. The summed E-state index contributed by atoms with van der Waals surface area (Å²) < 4.78 is 21.5. The topological polar surface area (TPSA) is 36.9 Å². The maximum absolute atomic E-state index is 5.49. The van der Waals surface area contributed by atoms with Crippen molar-refractivity contribution in [3.8, 4) is 23.0 Å². The van der Waals surface area contributed by atoms with E-state index in [1.165, 1.54) is 0 Å². The van der Waals surface area contributed by atoms with Crippen molar-refractivity contribution in [2.45, 2.75) is 0 Å². The van der Waals surface area contributed by atoms with Crippen LogP contribution in [0.5, 0.6) is 23.0 Å². The summed E-state index contributed by atoms with van der Waals surface area (Å²) in [6.07, 6.45) is 8.24. The van der Waals surface area contributed by atoms with Crippen molar-refractivity contribution in [2.24, 2.45) is 0 Å². The SMILES string of the molecule is COc1ccc(/C=C\c2ccccc2/C=C/c2ccc(OC)cc2OC)c(OC)c1. The van der Waals surface area contributed by atoms with Crippen LogP contribution >= 0.6 is 0 Å². The highest BCUT2D eigenvalue weighted by molar-refractivity contribution is 5.81. The second-order valence-electron chi connectivity index (χ2n) is 6.51. The summed E-state index contributed by atoms with van der Waals surface area (Å²) in [5.74, 6) is 3.06. The zero-order valence-electron chi connectivity index (χ0n) is 17.7. The zero-order valence-corrected chi connectivity index (χ0v) is 17.7. The van der Waals surface area contributed by atoms with Gasteiger partial charge < -0.3 is 18.9 Å². The van der Waals surface area contributed by atoms with E-state index in [1.54, 1.807) is 28.4 Å². The van der Waals surface area contributed by atoms with E-state index in [0.717, 1.165) is 45.3 Å². The van der Waals surface area contributed by atoms with Gasteiger partial charge >= 0.3 is 0 Å². The largest absolute Gasteiger partial charge is 0.497 e. The summed E-state index contributed by atoms with van der Waals surface area (Å²) in [6.45, 7) is 0. The first-order chi connectivity index (χ1) is 14.7. The fourth-order valence-corrected chi connectivity index (χ4v) is 3.09. The lowest BCUT2D eigenvalue weighted by atomic mass is 10.0. The normalized spacial score (nSPS) is 11.1. The van der Waals surface area contributed by atoms with Gasteiger partial charge in [0.2, 0.25) is 0 Å². The van der Waals surface area contributed by atoms with Gasteiger partial charge in [-0.25, -0.2) is 0 Å². The minimum absolute atomic E-state index is 0.765. The number of hydrogen-bond donors (Lipinski definition) is 0. The number of ether oxygens (including phenoxy) is 4. The molecule has 0 saturated heterocycles. The predicted molar refractivity (Wildman–Crippen MR) is 123 cm³/mol. The molecule has 0 radical (unpaired) electrons. The maximum Gasteiger partial charge on any atom is 0.129 e. The molecule has 3 aromatic carbocycles. The summed E-state index contributed by atoms with van der Waals surface area (Å²) in [5, 5.41) is 0. The van der Waals surface area contributed by atoms with Gasteiger partial charge in [-0.2, -0.15) is 0 Å². The lowest BCUT2D eigenvalue weighted by Gasteiger charge is -2.08. The number of rotatable bonds is 8. The quantitative estimate of drug-likeness (QED) is 0.429. The fourth-order valence-electron chi connectivity index (χ4n) is 3.09. The predicted octanol–water partition coefficient (Wildman–Crippen LogP) is 6.06. The molecule has 30 heavy (non-hydrogen) atoms. The second-order valence-corrected chi connectivity index (χ2v) is 6.51.